The average Bonchev–Trinajstić information content (AvgIpc) is 3.14. The zero-order valence-electron chi connectivity index (χ0n) is 16.2. The minimum atomic E-state index is -0.305. The van der Waals surface area contributed by atoms with Crippen LogP contribution < -0.4 is 10.9 Å². The maximum atomic E-state index is 13.0. The number of pyridine rings is 2. The average molecular weight is 388 g/mol. The molecule has 0 aliphatic rings. The number of nitrogens with one attached hydrogen (secondary N) is 1. The van der Waals surface area contributed by atoms with Gasteiger partial charge < -0.3 is 9.88 Å². The third kappa shape index (κ3) is 3.91. The van der Waals surface area contributed by atoms with E-state index in [-0.39, 0.29) is 18.0 Å². The number of carbonyl (C=O) groups is 1. The van der Waals surface area contributed by atoms with Gasteiger partial charge in [0.1, 0.15) is 5.69 Å². The van der Waals surface area contributed by atoms with Crippen molar-refractivity contribution >= 4 is 16.8 Å². The highest BCUT2D eigenvalue weighted by molar-refractivity contribution is 5.98. The third-order valence-corrected chi connectivity index (χ3v) is 4.66. The lowest BCUT2D eigenvalue weighted by Gasteiger charge is -2.10. The molecular weight excluding hydrogens is 368 g/mol. The smallest absolute Gasteiger partial charge is 0.260 e. The van der Waals surface area contributed by atoms with E-state index in [1.54, 1.807) is 43.1 Å². The summed E-state index contributed by atoms with van der Waals surface area (Å²) < 4.78 is 1.62. The molecule has 0 aliphatic heterocycles. The Hall–Kier alpha value is -3.81. The summed E-state index contributed by atoms with van der Waals surface area (Å²) in [5, 5.41) is 11.3. The highest BCUT2D eigenvalue weighted by Gasteiger charge is 2.14. The minimum Gasteiger partial charge on any atom is -0.346 e. The number of fused-ring (bicyclic) bond motifs is 1. The number of amides is 1. The first-order valence-corrected chi connectivity index (χ1v) is 9.19. The molecule has 0 bridgehead atoms. The summed E-state index contributed by atoms with van der Waals surface area (Å²) >= 11 is 0. The van der Waals surface area contributed by atoms with E-state index >= 15 is 0 Å². The van der Waals surface area contributed by atoms with Gasteiger partial charge in [-0.1, -0.05) is 30.3 Å². The summed E-state index contributed by atoms with van der Waals surface area (Å²) in [5.41, 5.74) is 3.00. The first-order valence-electron chi connectivity index (χ1n) is 9.19. The van der Waals surface area contributed by atoms with E-state index in [1.165, 1.54) is 4.80 Å². The van der Waals surface area contributed by atoms with Gasteiger partial charge in [-0.2, -0.15) is 15.0 Å². The normalized spacial score (nSPS) is 11.0. The van der Waals surface area contributed by atoms with Crippen LogP contribution in [0.3, 0.4) is 0 Å². The molecule has 0 spiro atoms. The van der Waals surface area contributed by atoms with Gasteiger partial charge in [-0.25, -0.2) is 0 Å². The number of aryl methyl sites for hydroxylation is 2. The number of rotatable bonds is 5. The van der Waals surface area contributed by atoms with E-state index < -0.39 is 0 Å². The zero-order valence-corrected chi connectivity index (χ0v) is 16.2. The summed E-state index contributed by atoms with van der Waals surface area (Å²) in [4.78, 5) is 31.5. The van der Waals surface area contributed by atoms with Gasteiger partial charge in [0.05, 0.1) is 41.4 Å². The van der Waals surface area contributed by atoms with Crippen LogP contribution in [0.4, 0.5) is 0 Å². The van der Waals surface area contributed by atoms with Crippen molar-refractivity contribution in [1.29, 1.82) is 0 Å². The van der Waals surface area contributed by atoms with Crippen molar-refractivity contribution in [2.24, 2.45) is 7.05 Å². The molecule has 3 heterocycles. The second-order valence-corrected chi connectivity index (χ2v) is 6.80. The second-order valence-electron chi connectivity index (χ2n) is 6.80. The van der Waals surface area contributed by atoms with Crippen LogP contribution in [-0.4, -0.2) is 30.5 Å². The number of aromatic nitrogens is 5. The Morgan fingerprint density at radius 1 is 1.17 bits per heavy atom. The molecule has 3 aromatic heterocycles. The largest absolute Gasteiger partial charge is 0.346 e. The maximum absolute atomic E-state index is 13.0. The Balaban J connectivity index is 1.64. The molecule has 4 rings (SSSR count). The molecule has 0 radical (unpaired) electrons. The zero-order chi connectivity index (χ0) is 20.4. The molecule has 0 aliphatic carbocycles. The van der Waals surface area contributed by atoms with E-state index in [0.717, 1.165) is 5.56 Å². The predicted octanol–water partition coefficient (Wildman–Crippen LogP) is 1.81. The fourth-order valence-electron chi connectivity index (χ4n) is 3.17. The van der Waals surface area contributed by atoms with Crippen LogP contribution >= 0.6 is 0 Å². The Kier molecular flexibility index (Phi) is 4.90. The molecule has 8 nitrogen and oxygen atoms in total. The van der Waals surface area contributed by atoms with Gasteiger partial charge >= 0.3 is 0 Å². The monoisotopic (exact) mass is 388 g/mol. The molecule has 1 N–H and O–H groups in total. The minimum absolute atomic E-state index is 0.179. The Morgan fingerprint density at radius 3 is 2.69 bits per heavy atom. The van der Waals surface area contributed by atoms with E-state index in [4.69, 9.17) is 0 Å². The topological polar surface area (TPSA) is 94.7 Å². The molecule has 0 fully saturated rings. The molecule has 1 aromatic carbocycles. The molecular formula is C21H20N6O2. The van der Waals surface area contributed by atoms with Crippen LogP contribution in [0.1, 0.15) is 27.3 Å². The Labute approximate surface area is 166 Å². The first kappa shape index (κ1) is 18.5. The van der Waals surface area contributed by atoms with Crippen LogP contribution in [0.5, 0.6) is 0 Å². The van der Waals surface area contributed by atoms with Gasteiger partial charge in [0.2, 0.25) is 0 Å². The van der Waals surface area contributed by atoms with Crippen molar-refractivity contribution in [3.8, 4) is 0 Å². The summed E-state index contributed by atoms with van der Waals surface area (Å²) in [6, 6.07) is 13.2. The van der Waals surface area contributed by atoms with E-state index in [1.807, 2.05) is 30.3 Å². The quantitative estimate of drug-likeness (QED) is 0.563. The number of nitrogens with zero attached hydrogens (tertiary/aromatic N) is 5. The lowest BCUT2D eigenvalue weighted by atomic mass is 10.1. The van der Waals surface area contributed by atoms with Gasteiger partial charge in [0.15, 0.2) is 0 Å². The van der Waals surface area contributed by atoms with Crippen LogP contribution in [0, 0.1) is 6.92 Å². The summed E-state index contributed by atoms with van der Waals surface area (Å²) in [6.07, 6.45) is 3.33. The summed E-state index contributed by atoms with van der Waals surface area (Å²) in [7, 11) is 1.71. The van der Waals surface area contributed by atoms with Gasteiger partial charge in [0, 0.05) is 13.2 Å². The molecule has 0 saturated heterocycles. The number of benzene rings is 1. The number of hydrogen-bond donors (Lipinski definition) is 1. The Morgan fingerprint density at radius 2 is 1.97 bits per heavy atom. The molecule has 8 heteroatoms. The highest BCUT2D eigenvalue weighted by Crippen LogP contribution is 2.14. The van der Waals surface area contributed by atoms with E-state index in [2.05, 4.69) is 20.5 Å². The van der Waals surface area contributed by atoms with Crippen molar-refractivity contribution in [3.63, 3.8) is 0 Å². The maximum Gasteiger partial charge on any atom is 0.260 e. The Bertz CT molecular complexity index is 1240. The van der Waals surface area contributed by atoms with Gasteiger partial charge in [-0.3, -0.25) is 14.6 Å². The molecule has 4 aromatic rings. The highest BCUT2D eigenvalue weighted by atomic mass is 16.1. The summed E-state index contributed by atoms with van der Waals surface area (Å²) in [5.74, 6) is -0.305. The predicted molar refractivity (Wildman–Crippen MR) is 108 cm³/mol. The SMILES string of the molecule is Cc1nc2ccn(Cc3ccccc3)c(=O)c2cc1C(=O)NCc1cnn(C)n1. The standard InChI is InChI=1S/C21H20N6O2/c1-14-17(20(28)22-11-16-12-23-26(2)25-16)10-18-19(24-14)8-9-27(21(18)29)13-15-6-4-3-5-7-15/h3-10,12H,11,13H2,1-2H3,(H,22,28). The van der Waals surface area contributed by atoms with Gasteiger partial charge in [0.25, 0.3) is 11.5 Å². The van der Waals surface area contributed by atoms with Crippen LogP contribution in [0.2, 0.25) is 0 Å². The second kappa shape index (κ2) is 7.67. The molecule has 0 unspecified atom stereocenters. The summed E-state index contributed by atoms with van der Waals surface area (Å²) in [6.45, 7) is 2.46. The molecule has 0 saturated carbocycles. The third-order valence-electron chi connectivity index (χ3n) is 4.66. The van der Waals surface area contributed by atoms with Gasteiger partial charge in [-0.05, 0) is 24.6 Å². The van der Waals surface area contributed by atoms with Crippen LogP contribution in [-0.2, 0) is 20.1 Å². The van der Waals surface area contributed by atoms with Crippen LogP contribution in [0.15, 0.2) is 59.7 Å². The van der Waals surface area contributed by atoms with Crippen LogP contribution in [0.25, 0.3) is 10.9 Å². The number of carbonyl (C=O) groups excluding carboxylic acids is 1. The lowest BCUT2D eigenvalue weighted by molar-refractivity contribution is 0.0949. The van der Waals surface area contributed by atoms with E-state index in [9.17, 15) is 9.59 Å². The first-order chi connectivity index (χ1) is 14.0. The fourth-order valence-corrected chi connectivity index (χ4v) is 3.17. The van der Waals surface area contributed by atoms with Crippen molar-refractivity contribution in [2.45, 2.75) is 20.0 Å². The molecule has 146 valence electrons. The molecule has 29 heavy (non-hydrogen) atoms. The fraction of sp³-hybridized carbons (Fsp3) is 0.190. The lowest BCUT2D eigenvalue weighted by Crippen LogP contribution is -2.25. The van der Waals surface area contributed by atoms with Crippen molar-refractivity contribution in [1.82, 2.24) is 29.9 Å². The van der Waals surface area contributed by atoms with Crippen molar-refractivity contribution in [2.75, 3.05) is 0 Å². The molecule has 1 amide bonds. The van der Waals surface area contributed by atoms with E-state index in [0.29, 0.717) is 34.4 Å². The van der Waals surface area contributed by atoms with Crippen molar-refractivity contribution in [3.05, 3.63) is 87.7 Å². The number of hydrogen-bond acceptors (Lipinski definition) is 5. The molecule has 0 atom stereocenters. The van der Waals surface area contributed by atoms with Gasteiger partial charge in [-0.15, -0.1) is 0 Å². The van der Waals surface area contributed by atoms with Crippen molar-refractivity contribution < 1.29 is 4.79 Å².